The predicted molar refractivity (Wildman–Crippen MR) is 71.1 cm³/mol. The average molecular weight is 246 g/mol. The molecule has 0 radical (unpaired) electrons. The molecule has 18 heavy (non-hydrogen) atoms. The van der Waals surface area contributed by atoms with Crippen LogP contribution < -0.4 is 11.1 Å². The molecule has 0 saturated heterocycles. The van der Waals surface area contributed by atoms with Crippen molar-refractivity contribution in [3.8, 4) is 0 Å². The number of rotatable bonds is 3. The Balaban J connectivity index is 1.75. The molecular weight excluding hydrogens is 228 g/mol. The third kappa shape index (κ3) is 2.10. The summed E-state index contributed by atoms with van der Waals surface area (Å²) in [6.07, 6.45) is 5.53. The fourth-order valence-corrected chi connectivity index (χ4v) is 2.73. The van der Waals surface area contributed by atoms with Crippen molar-refractivity contribution in [2.75, 3.05) is 17.6 Å². The van der Waals surface area contributed by atoms with E-state index in [0.29, 0.717) is 5.65 Å². The van der Waals surface area contributed by atoms with Gasteiger partial charge in [-0.1, -0.05) is 13.3 Å². The maximum atomic E-state index is 5.67. The first kappa shape index (κ1) is 11.3. The highest BCUT2D eigenvalue weighted by Gasteiger charge is 2.21. The highest BCUT2D eigenvalue weighted by Crippen LogP contribution is 2.30. The number of H-pyrrole nitrogens is 1. The molecule has 1 saturated carbocycles. The lowest BCUT2D eigenvalue weighted by Gasteiger charge is -2.12. The van der Waals surface area contributed by atoms with E-state index in [9.17, 15) is 0 Å². The fraction of sp³-hybridized carbons (Fsp3) is 0.583. The van der Waals surface area contributed by atoms with Crippen LogP contribution in [0, 0.1) is 11.8 Å². The van der Waals surface area contributed by atoms with Crippen LogP contribution in [-0.4, -0.2) is 26.5 Å². The molecule has 6 nitrogen and oxygen atoms in total. The summed E-state index contributed by atoms with van der Waals surface area (Å²) in [5.41, 5.74) is 7.12. The molecule has 3 rings (SSSR count). The largest absolute Gasteiger partial charge is 0.368 e. The Kier molecular flexibility index (Phi) is 2.77. The van der Waals surface area contributed by atoms with Gasteiger partial charge in [-0.3, -0.25) is 0 Å². The Hall–Kier alpha value is -1.85. The van der Waals surface area contributed by atoms with Gasteiger partial charge in [-0.25, -0.2) is 4.98 Å². The van der Waals surface area contributed by atoms with Gasteiger partial charge in [0.05, 0.1) is 6.33 Å². The Bertz CT molecular complexity index is 548. The molecule has 0 amide bonds. The van der Waals surface area contributed by atoms with E-state index in [1.54, 1.807) is 6.33 Å². The van der Waals surface area contributed by atoms with Crippen LogP contribution >= 0.6 is 0 Å². The Morgan fingerprint density at radius 3 is 3.11 bits per heavy atom. The van der Waals surface area contributed by atoms with Crippen molar-refractivity contribution in [2.24, 2.45) is 11.8 Å². The lowest BCUT2D eigenvalue weighted by molar-refractivity contribution is 0.536. The molecule has 2 unspecified atom stereocenters. The second-order valence-electron chi connectivity index (χ2n) is 5.20. The quantitative estimate of drug-likeness (QED) is 0.767. The summed E-state index contributed by atoms with van der Waals surface area (Å²) in [6.45, 7) is 3.25. The van der Waals surface area contributed by atoms with Gasteiger partial charge in [0, 0.05) is 6.54 Å². The lowest BCUT2D eigenvalue weighted by atomic mass is 10.1. The Morgan fingerprint density at radius 2 is 2.33 bits per heavy atom. The smallest absolute Gasteiger partial charge is 0.224 e. The van der Waals surface area contributed by atoms with E-state index < -0.39 is 0 Å². The van der Waals surface area contributed by atoms with E-state index in [-0.39, 0.29) is 5.95 Å². The van der Waals surface area contributed by atoms with Gasteiger partial charge in [-0.05, 0) is 24.7 Å². The van der Waals surface area contributed by atoms with E-state index in [0.717, 1.165) is 29.7 Å². The zero-order chi connectivity index (χ0) is 12.5. The van der Waals surface area contributed by atoms with Gasteiger partial charge in [-0.15, -0.1) is 0 Å². The number of aromatic amines is 1. The zero-order valence-electron chi connectivity index (χ0n) is 10.5. The van der Waals surface area contributed by atoms with Crippen LogP contribution in [0.5, 0.6) is 0 Å². The van der Waals surface area contributed by atoms with E-state index in [1.807, 2.05) is 0 Å². The number of hydrogen-bond acceptors (Lipinski definition) is 5. The molecule has 4 N–H and O–H groups in total. The predicted octanol–water partition coefficient (Wildman–Crippen LogP) is 1.78. The normalized spacial score (nSPS) is 23.6. The zero-order valence-corrected chi connectivity index (χ0v) is 10.5. The van der Waals surface area contributed by atoms with Crippen LogP contribution in [0.1, 0.15) is 26.2 Å². The molecule has 0 bridgehead atoms. The SMILES string of the molecule is CC1CCC(CNc2nc(N)nc3nc[nH]c23)C1. The molecule has 1 aliphatic carbocycles. The van der Waals surface area contributed by atoms with Crippen LogP contribution in [-0.2, 0) is 0 Å². The Labute approximate surface area is 105 Å². The summed E-state index contributed by atoms with van der Waals surface area (Å²) in [4.78, 5) is 15.5. The van der Waals surface area contributed by atoms with Crippen molar-refractivity contribution in [1.82, 2.24) is 19.9 Å². The van der Waals surface area contributed by atoms with Gasteiger partial charge >= 0.3 is 0 Å². The van der Waals surface area contributed by atoms with Gasteiger partial charge in [0.1, 0.15) is 5.52 Å². The second-order valence-corrected chi connectivity index (χ2v) is 5.20. The van der Waals surface area contributed by atoms with Gasteiger partial charge in [0.2, 0.25) is 5.95 Å². The van der Waals surface area contributed by atoms with Crippen molar-refractivity contribution in [3.05, 3.63) is 6.33 Å². The third-order valence-electron chi connectivity index (χ3n) is 3.66. The molecule has 96 valence electrons. The summed E-state index contributed by atoms with van der Waals surface area (Å²) >= 11 is 0. The minimum absolute atomic E-state index is 0.261. The number of nitrogens with two attached hydrogens (primary N) is 1. The maximum absolute atomic E-state index is 5.67. The monoisotopic (exact) mass is 246 g/mol. The number of nitrogens with one attached hydrogen (secondary N) is 2. The van der Waals surface area contributed by atoms with E-state index >= 15 is 0 Å². The molecule has 0 aromatic carbocycles. The summed E-state index contributed by atoms with van der Waals surface area (Å²) in [5.74, 6) is 2.60. The third-order valence-corrected chi connectivity index (χ3v) is 3.66. The molecule has 2 aromatic rings. The van der Waals surface area contributed by atoms with Crippen LogP contribution in [0.2, 0.25) is 0 Å². The number of imidazole rings is 1. The number of nitrogen functional groups attached to an aromatic ring is 1. The number of fused-ring (bicyclic) bond motifs is 1. The van der Waals surface area contributed by atoms with Gasteiger partial charge in [-0.2, -0.15) is 9.97 Å². The molecule has 2 heterocycles. The summed E-state index contributed by atoms with van der Waals surface area (Å²) < 4.78 is 0. The van der Waals surface area contributed by atoms with E-state index in [1.165, 1.54) is 19.3 Å². The Morgan fingerprint density at radius 1 is 1.44 bits per heavy atom. The maximum Gasteiger partial charge on any atom is 0.224 e. The van der Waals surface area contributed by atoms with Crippen molar-refractivity contribution in [3.63, 3.8) is 0 Å². The highest BCUT2D eigenvalue weighted by molar-refractivity contribution is 5.83. The number of anilines is 2. The van der Waals surface area contributed by atoms with Crippen LogP contribution in [0.3, 0.4) is 0 Å². The minimum Gasteiger partial charge on any atom is -0.368 e. The van der Waals surface area contributed by atoms with E-state index in [2.05, 4.69) is 32.2 Å². The van der Waals surface area contributed by atoms with Crippen LogP contribution in [0.4, 0.5) is 11.8 Å². The lowest BCUT2D eigenvalue weighted by Crippen LogP contribution is -2.13. The van der Waals surface area contributed by atoms with E-state index in [4.69, 9.17) is 5.73 Å². The highest BCUT2D eigenvalue weighted by atomic mass is 15.1. The fourth-order valence-electron chi connectivity index (χ4n) is 2.73. The molecule has 6 heteroatoms. The summed E-state index contributed by atoms with van der Waals surface area (Å²) in [5, 5.41) is 3.37. The summed E-state index contributed by atoms with van der Waals surface area (Å²) in [7, 11) is 0. The molecule has 0 aliphatic heterocycles. The van der Waals surface area contributed by atoms with Crippen molar-refractivity contribution >= 4 is 22.9 Å². The molecule has 1 fully saturated rings. The first-order valence-corrected chi connectivity index (χ1v) is 6.43. The molecule has 2 atom stereocenters. The van der Waals surface area contributed by atoms with Crippen molar-refractivity contribution in [2.45, 2.75) is 26.2 Å². The first-order chi connectivity index (χ1) is 8.72. The van der Waals surface area contributed by atoms with Crippen LogP contribution in [0.25, 0.3) is 11.2 Å². The average Bonchev–Trinajstić information content (AvgIpc) is 2.94. The molecule has 2 aromatic heterocycles. The molecule has 1 aliphatic rings. The number of nitrogens with zero attached hydrogens (tertiary/aromatic N) is 3. The van der Waals surface area contributed by atoms with Gasteiger partial charge < -0.3 is 16.0 Å². The minimum atomic E-state index is 0.261. The summed E-state index contributed by atoms with van der Waals surface area (Å²) in [6, 6.07) is 0. The molecular formula is C12H18N6. The second kappa shape index (κ2) is 4.44. The van der Waals surface area contributed by atoms with Crippen LogP contribution in [0.15, 0.2) is 6.33 Å². The standard InChI is InChI=1S/C12H18N6/c1-7-2-3-8(4-7)5-14-10-9-11(16-6-15-9)18-12(13)17-10/h6-8H,2-5H2,1H3,(H4,13,14,15,16,17,18). The van der Waals surface area contributed by atoms with Crippen molar-refractivity contribution in [1.29, 1.82) is 0 Å². The van der Waals surface area contributed by atoms with Crippen molar-refractivity contribution < 1.29 is 0 Å². The molecule has 0 spiro atoms. The number of aromatic nitrogens is 4. The van der Waals surface area contributed by atoms with Gasteiger partial charge in [0.15, 0.2) is 11.5 Å². The van der Waals surface area contributed by atoms with Gasteiger partial charge in [0.25, 0.3) is 0 Å². The first-order valence-electron chi connectivity index (χ1n) is 6.43. The number of hydrogen-bond donors (Lipinski definition) is 3. The topological polar surface area (TPSA) is 92.5 Å².